The Morgan fingerprint density at radius 3 is 2.25 bits per heavy atom. The fourth-order valence-corrected chi connectivity index (χ4v) is 3.81. The van der Waals surface area contributed by atoms with Crippen molar-refractivity contribution in [3.8, 4) is 0 Å². The zero-order valence-electron chi connectivity index (χ0n) is 11.4. The number of nitrogens with zero attached hydrogens (tertiary/aromatic N) is 1. The minimum atomic E-state index is 0.410. The number of alkyl halides is 1. The van der Waals surface area contributed by atoms with Crippen molar-refractivity contribution >= 4 is 15.9 Å². The fourth-order valence-electron chi connectivity index (χ4n) is 2.64. The smallest absolute Gasteiger partial charge is 0.00768 e. The lowest BCUT2D eigenvalue weighted by Gasteiger charge is -2.33. The summed E-state index contributed by atoms with van der Waals surface area (Å²) >= 11 is 3.67. The molecule has 2 heteroatoms. The first-order chi connectivity index (χ1) is 7.43. The molecule has 0 amide bonds. The Hall–Kier alpha value is 0.440. The van der Waals surface area contributed by atoms with Gasteiger partial charge in [0, 0.05) is 18.4 Å². The van der Waals surface area contributed by atoms with Gasteiger partial charge in [-0.1, -0.05) is 49.5 Å². The summed E-state index contributed by atoms with van der Waals surface area (Å²) in [5, 5.41) is 1.12. The van der Waals surface area contributed by atoms with Gasteiger partial charge in [0.1, 0.15) is 0 Å². The van der Waals surface area contributed by atoms with E-state index in [1.807, 2.05) is 0 Å². The number of hydrogen-bond donors (Lipinski definition) is 0. The van der Waals surface area contributed by atoms with E-state index in [2.05, 4.69) is 48.6 Å². The normalized spacial score (nSPS) is 20.6. The highest BCUT2D eigenvalue weighted by atomic mass is 79.9. The molecule has 0 spiro atoms. The van der Waals surface area contributed by atoms with Gasteiger partial charge in [-0.05, 0) is 37.1 Å². The maximum atomic E-state index is 3.67. The average molecular weight is 290 g/mol. The van der Waals surface area contributed by atoms with E-state index in [1.54, 1.807) is 0 Å². The van der Waals surface area contributed by atoms with Gasteiger partial charge in [0.05, 0.1) is 0 Å². The van der Waals surface area contributed by atoms with Crippen LogP contribution >= 0.6 is 15.9 Å². The van der Waals surface area contributed by atoms with Crippen molar-refractivity contribution in [1.29, 1.82) is 0 Å². The van der Waals surface area contributed by atoms with Crippen LogP contribution < -0.4 is 0 Å². The van der Waals surface area contributed by atoms with Crippen molar-refractivity contribution in [2.24, 2.45) is 17.3 Å². The molecule has 0 N–H and O–H groups in total. The molecule has 1 fully saturated rings. The van der Waals surface area contributed by atoms with Gasteiger partial charge in [0.25, 0.3) is 0 Å². The van der Waals surface area contributed by atoms with Crippen molar-refractivity contribution in [1.82, 2.24) is 4.90 Å². The summed E-state index contributed by atoms with van der Waals surface area (Å²) in [4.78, 5) is 2.55. The van der Waals surface area contributed by atoms with Crippen LogP contribution in [0.4, 0.5) is 0 Å². The van der Waals surface area contributed by atoms with E-state index in [0.717, 1.165) is 17.2 Å². The zero-order chi connectivity index (χ0) is 12.2. The van der Waals surface area contributed by atoms with Crippen LogP contribution in [-0.4, -0.2) is 30.4 Å². The van der Waals surface area contributed by atoms with Crippen molar-refractivity contribution in [3.63, 3.8) is 0 Å². The molecule has 1 aliphatic rings. The van der Waals surface area contributed by atoms with Gasteiger partial charge in [-0.25, -0.2) is 0 Å². The van der Waals surface area contributed by atoms with Crippen molar-refractivity contribution in [3.05, 3.63) is 0 Å². The summed E-state index contributed by atoms with van der Waals surface area (Å²) in [5.74, 6) is 1.72. The first kappa shape index (κ1) is 14.5. The summed E-state index contributed by atoms with van der Waals surface area (Å²) in [6.45, 7) is 9.58. The quantitative estimate of drug-likeness (QED) is 0.687. The molecule has 96 valence electrons. The van der Waals surface area contributed by atoms with E-state index in [1.165, 1.54) is 38.8 Å². The number of rotatable bonds is 5. The molecule has 0 aromatic heterocycles. The van der Waals surface area contributed by atoms with Crippen LogP contribution in [0.5, 0.6) is 0 Å². The van der Waals surface area contributed by atoms with Gasteiger partial charge in [0.2, 0.25) is 0 Å². The van der Waals surface area contributed by atoms with Crippen LogP contribution in [0.25, 0.3) is 0 Å². The Morgan fingerprint density at radius 2 is 1.81 bits per heavy atom. The van der Waals surface area contributed by atoms with Crippen LogP contribution in [0.2, 0.25) is 0 Å². The zero-order valence-corrected chi connectivity index (χ0v) is 13.0. The summed E-state index contributed by atoms with van der Waals surface area (Å²) in [7, 11) is 2.29. The third kappa shape index (κ3) is 4.75. The maximum Gasteiger partial charge on any atom is 0.00768 e. The van der Waals surface area contributed by atoms with Gasteiger partial charge in [0.15, 0.2) is 0 Å². The molecule has 1 nitrogen and oxygen atoms in total. The second-order valence-electron chi connectivity index (χ2n) is 6.59. The second kappa shape index (κ2) is 6.39. The van der Waals surface area contributed by atoms with Gasteiger partial charge in [-0.2, -0.15) is 0 Å². The monoisotopic (exact) mass is 289 g/mol. The van der Waals surface area contributed by atoms with Gasteiger partial charge >= 0.3 is 0 Å². The van der Waals surface area contributed by atoms with Crippen molar-refractivity contribution in [2.75, 3.05) is 25.5 Å². The van der Waals surface area contributed by atoms with Crippen LogP contribution in [0.1, 0.15) is 46.5 Å². The minimum absolute atomic E-state index is 0.410. The molecular formula is C14H28BrN. The van der Waals surface area contributed by atoms with E-state index in [9.17, 15) is 0 Å². The highest BCUT2D eigenvalue weighted by Gasteiger charge is 2.26. The molecule has 1 aliphatic carbocycles. The maximum absolute atomic E-state index is 3.67. The minimum Gasteiger partial charge on any atom is -0.306 e. The van der Waals surface area contributed by atoms with E-state index < -0.39 is 0 Å². The van der Waals surface area contributed by atoms with E-state index in [-0.39, 0.29) is 0 Å². The molecule has 1 atom stereocenters. The average Bonchev–Trinajstić information content (AvgIpc) is 2.64. The first-order valence-corrected chi connectivity index (χ1v) is 7.80. The van der Waals surface area contributed by atoms with Crippen LogP contribution in [-0.2, 0) is 0 Å². The molecule has 0 radical (unpaired) electrons. The predicted octanol–water partition coefficient (Wildman–Crippen LogP) is 4.17. The molecule has 0 aromatic rings. The Labute approximate surface area is 110 Å². The van der Waals surface area contributed by atoms with Crippen molar-refractivity contribution < 1.29 is 0 Å². The topological polar surface area (TPSA) is 3.24 Å². The van der Waals surface area contributed by atoms with E-state index in [0.29, 0.717) is 5.41 Å². The standard InChI is InChI=1S/C14H28BrN/c1-14(2,3)13(9-15)11-16(4)10-12-7-5-6-8-12/h12-13H,5-11H2,1-4H3. The lowest BCUT2D eigenvalue weighted by atomic mass is 9.81. The first-order valence-electron chi connectivity index (χ1n) is 6.68. The lowest BCUT2D eigenvalue weighted by Crippen LogP contribution is -2.36. The summed E-state index contributed by atoms with van der Waals surface area (Å²) < 4.78 is 0. The number of halogens is 1. The highest BCUT2D eigenvalue weighted by Crippen LogP contribution is 2.29. The third-order valence-electron chi connectivity index (χ3n) is 3.99. The largest absolute Gasteiger partial charge is 0.306 e. The van der Waals surface area contributed by atoms with Crippen LogP contribution in [0.15, 0.2) is 0 Å². The molecule has 0 saturated heterocycles. The molecule has 0 bridgehead atoms. The summed E-state index contributed by atoms with van der Waals surface area (Å²) in [5.41, 5.74) is 0.410. The SMILES string of the molecule is CN(CC1CCCC1)CC(CBr)C(C)(C)C. The van der Waals surface area contributed by atoms with Crippen molar-refractivity contribution in [2.45, 2.75) is 46.5 Å². The molecule has 16 heavy (non-hydrogen) atoms. The van der Waals surface area contributed by atoms with Crippen LogP contribution in [0.3, 0.4) is 0 Å². The van der Waals surface area contributed by atoms with Gasteiger partial charge in [-0.15, -0.1) is 0 Å². The van der Waals surface area contributed by atoms with E-state index in [4.69, 9.17) is 0 Å². The van der Waals surface area contributed by atoms with Crippen LogP contribution in [0, 0.1) is 17.3 Å². The molecular weight excluding hydrogens is 262 g/mol. The molecule has 1 saturated carbocycles. The molecule has 0 heterocycles. The van der Waals surface area contributed by atoms with E-state index >= 15 is 0 Å². The lowest BCUT2D eigenvalue weighted by molar-refractivity contribution is 0.172. The Bertz CT molecular complexity index is 191. The highest BCUT2D eigenvalue weighted by molar-refractivity contribution is 9.09. The Balaban J connectivity index is 2.33. The molecule has 0 aliphatic heterocycles. The van der Waals surface area contributed by atoms with Gasteiger partial charge < -0.3 is 4.90 Å². The Morgan fingerprint density at radius 1 is 1.25 bits per heavy atom. The summed E-state index contributed by atoms with van der Waals surface area (Å²) in [6, 6.07) is 0. The predicted molar refractivity (Wildman–Crippen MR) is 76.2 cm³/mol. The second-order valence-corrected chi connectivity index (χ2v) is 7.24. The fraction of sp³-hybridized carbons (Fsp3) is 1.00. The Kier molecular flexibility index (Phi) is 5.79. The van der Waals surface area contributed by atoms with Gasteiger partial charge in [-0.3, -0.25) is 0 Å². The molecule has 1 unspecified atom stereocenters. The summed E-state index contributed by atoms with van der Waals surface area (Å²) in [6.07, 6.45) is 5.83. The third-order valence-corrected chi connectivity index (χ3v) is 4.77. The number of hydrogen-bond acceptors (Lipinski definition) is 1. The molecule has 1 rings (SSSR count). The molecule has 0 aromatic carbocycles.